The average molecular weight is 751 g/mol. The van der Waals surface area contributed by atoms with Crippen LogP contribution in [0.15, 0.2) is 36.4 Å². The van der Waals surface area contributed by atoms with Crippen molar-refractivity contribution in [1.82, 2.24) is 19.6 Å². The molecule has 0 spiro atoms. The van der Waals surface area contributed by atoms with Crippen LogP contribution < -0.4 is 11.1 Å². The van der Waals surface area contributed by atoms with Crippen molar-refractivity contribution in [2.45, 2.75) is 76.2 Å². The van der Waals surface area contributed by atoms with Gasteiger partial charge in [0, 0.05) is 50.9 Å². The van der Waals surface area contributed by atoms with Crippen LogP contribution in [0.3, 0.4) is 0 Å². The Labute approximate surface area is 305 Å². The molecule has 0 unspecified atom stereocenters. The number of carbonyl (C=O) groups excluding carboxylic acids is 3. The second kappa shape index (κ2) is 15.8. The summed E-state index contributed by atoms with van der Waals surface area (Å²) in [5.74, 6) is -1.07. The highest BCUT2D eigenvalue weighted by atomic mass is 19.4. The number of amides is 4. The number of benzene rings is 2. The maximum atomic E-state index is 14.1. The van der Waals surface area contributed by atoms with Crippen molar-refractivity contribution in [1.29, 1.82) is 0 Å². The molecular weight excluding hydrogens is 702 g/mol. The van der Waals surface area contributed by atoms with E-state index in [2.05, 4.69) is 17.3 Å². The van der Waals surface area contributed by atoms with Gasteiger partial charge >= 0.3 is 18.4 Å². The molecule has 2 aromatic rings. The number of piperidine rings is 3. The molecule has 15 heteroatoms. The molecule has 3 N–H and O–H groups in total. The van der Waals surface area contributed by atoms with Crippen LogP contribution in [-0.4, -0.2) is 96.3 Å². The van der Waals surface area contributed by atoms with Crippen molar-refractivity contribution in [3.05, 3.63) is 58.7 Å². The normalized spacial score (nSPS) is 20.9. The minimum absolute atomic E-state index is 0.131. The molecule has 4 amide bonds. The van der Waals surface area contributed by atoms with Crippen LogP contribution in [0, 0.1) is 17.8 Å². The number of nitrogen functional groups attached to an aromatic ring is 1. The van der Waals surface area contributed by atoms with Gasteiger partial charge in [-0.2, -0.15) is 26.3 Å². The Morgan fingerprint density at radius 3 is 1.94 bits per heavy atom. The number of nitrogens with one attached hydrogen (secondary N) is 1. The Bertz CT molecular complexity index is 1610. The molecule has 3 saturated heterocycles. The molecule has 4 heterocycles. The third kappa shape index (κ3) is 9.04. The SMILES string of the molecule is CN1CCC(C2CCN(C(=O)[C@H](CC(=O)N3CCC(N4CCc5ccccc5NC4=O)CC3)Cc3cc(C(F)(F)F)c(N)c(C(F)(F)F)c3)CC2)CC1. The summed E-state index contributed by atoms with van der Waals surface area (Å²) in [6, 6.07) is 8.37. The van der Waals surface area contributed by atoms with Crippen molar-refractivity contribution in [2.24, 2.45) is 17.8 Å². The molecule has 1 atom stereocenters. The van der Waals surface area contributed by atoms with Crippen LogP contribution in [0.5, 0.6) is 0 Å². The van der Waals surface area contributed by atoms with Gasteiger partial charge in [-0.3, -0.25) is 9.59 Å². The van der Waals surface area contributed by atoms with Gasteiger partial charge < -0.3 is 30.7 Å². The van der Waals surface area contributed by atoms with Gasteiger partial charge in [0.25, 0.3) is 0 Å². The molecule has 4 aliphatic rings. The third-order valence-corrected chi connectivity index (χ3v) is 11.8. The van der Waals surface area contributed by atoms with E-state index < -0.39 is 53.3 Å². The Kier molecular flexibility index (Phi) is 11.5. The molecular formula is C38H48F6N6O3. The van der Waals surface area contributed by atoms with E-state index in [9.17, 15) is 40.7 Å². The second-order valence-corrected chi connectivity index (χ2v) is 15.2. The van der Waals surface area contributed by atoms with E-state index in [1.54, 1.807) is 14.7 Å². The van der Waals surface area contributed by atoms with E-state index in [1.807, 2.05) is 24.3 Å². The summed E-state index contributed by atoms with van der Waals surface area (Å²) in [4.78, 5) is 48.3. The summed E-state index contributed by atoms with van der Waals surface area (Å²) in [5, 5.41) is 2.96. The molecule has 4 aliphatic heterocycles. The quantitative estimate of drug-likeness (QED) is 0.248. The zero-order chi connectivity index (χ0) is 38.1. The number of nitrogens with two attached hydrogens (primary N) is 1. The molecule has 0 saturated carbocycles. The number of hydrogen-bond acceptors (Lipinski definition) is 5. The van der Waals surface area contributed by atoms with Gasteiger partial charge in [0.1, 0.15) is 0 Å². The first kappa shape index (κ1) is 38.7. The minimum atomic E-state index is -5.16. The summed E-state index contributed by atoms with van der Waals surface area (Å²) in [5.41, 5.74) is 2.15. The fourth-order valence-electron chi connectivity index (χ4n) is 8.69. The molecule has 0 aromatic heterocycles. The molecule has 0 radical (unpaired) electrons. The molecule has 0 aliphatic carbocycles. The lowest BCUT2D eigenvalue weighted by Crippen LogP contribution is -2.50. The monoisotopic (exact) mass is 750 g/mol. The first-order chi connectivity index (χ1) is 25.1. The van der Waals surface area contributed by atoms with Crippen molar-refractivity contribution in [3.8, 4) is 0 Å². The topological polar surface area (TPSA) is 102 Å². The van der Waals surface area contributed by atoms with E-state index in [0.717, 1.165) is 50.0 Å². The van der Waals surface area contributed by atoms with Crippen molar-refractivity contribution >= 4 is 29.2 Å². The number of rotatable bonds is 7. The standard InChI is InChI=1S/C38H48F6N6O3/c1-47-13-6-25(7-14-47)26-8-15-49(16-9-26)35(52)28(20-24-21-30(37(39,40)41)34(45)31(22-24)38(42,43)44)23-33(51)48-17-11-29(12-18-48)50-19-10-27-4-2-3-5-32(27)46-36(50)53/h2-5,21-22,25-26,28-29H,6-20,23,45H2,1H3,(H,46,53)/t28-/m0/s1. The first-order valence-electron chi connectivity index (χ1n) is 18.6. The Hall–Kier alpha value is -4.01. The molecule has 290 valence electrons. The number of halogens is 6. The Balaban J connectivity index is 1.16. The molecule has 0 bridgehead atoms. The number of nitrogens with zero attached hydrogens (tertiary/aromatic N) is 4. The minimum Gasteiger partial charge on any atom is -0.398 e. The highest BCUT2D eigenvalue weighted by molar-refractivity contribution is 5.91. The van der Waals surface area contributed by atoms with Gasteiger partial charge in [-0.15, -0.1) is 0 Å². The molecule has 9 nitrogen and oxygen atoms in total. The van der Waals surface area contributed by atoms with Crippen molar-refractivity contribution in [3.63, 3.8) is 0 Å². The summed E-state index contributed by atoms with van der Waals surface area (Å²) in [7, 11) is 2.09. The smallest absolute Gasteiger partial charge is 0.398 e. The third-order valence-electron chi connectivity index (χ3n) is 11.8. The van der Waals surface area contributed by atoms with Crippen LogP contribution in [-0.2, 0) is 34.8 Å². The zero-order valence-electron chi connectivity index (χ0n) is 29.9. The Morgan fingerprint density at radius 1 is 0.811 bits per heavy atom. The van der Waals surface area contributed by atoms with Crippen LogP contribution in [0.1, 0.15) is 67.2 Å². The maximum Gasteiger partial charge on any atom is 0.418 e. The molecule has 3 fully saturated rings. The van der Waals surface area contributed by atoms with Crippen LogP contribution in [0.2, 0.25) is 0 Å². The first-order valence-corrected chi connectivity index (χ1v) is 18.6. The van der Waals surface area contributed by atoms with Crippen molar-refractivity contribution < 1.29 is 40.7 Å². The fourth-order valence-corrected chi connectivity index (χ4v) is 8.69. The maximum absolute atomic E-state index is 14.1. The predicted octanol–water partition coefficient (Wildman–Crippen LogP) is 6.52. The van der Waals surface area contributed by atoms with E-state index in [1.165, 1.54) is 0 Å². The highest BCUT2D eigenvalue weighted by Crippen LogP contribution is 2.43. The average Bonchev–Trinajstić information content (AvgIpc) is 3.29. The summed E-state index contributed by atoms with van der Waals surface area (Å²) < 4.78 is 83.5. The van der Waals surface area contributed by atoms with Gasteiger partial charge in [0.2, 0.25) is 11.8 Å². The number of alkyl halides is 6. The van der Waals surface area contributed by atoms with E-state index in [4.69, 9.17) is 5.73 Å². The Morgan fingerprint density at radius 2 is 1.36 bits per heavy atom. The van der Waals surface area contributed by atoms with Gasteiger partial charge in [-0.1, -0.05) is 18.2 Å². The van der Waals surface area contributed by atoms with Crippen LogP contribution in [0.4, 0.5) is 42.5 Å². The fraction of sp³-hybridized carbons (Fsp3) is 0.605. The second-order valence-electron chi connectivity index (χ2n) is 15.2. The van der Waals surface area contributed by atoms with Gasteiger partial charge in [0.15, 0.2) is 0 Å². The molecule has 53 heavy (non-hydrogen) atoms. The van der Waals surface area contributed by atoms with E-state index in [0.29, 0.717) is 76.0 Å². The lowest BCUT2D eigenvalue weighted by molar-refractivity contribution is -0.143. The highest BCUT2D eigenvalue weighted by Gasteiger charge is 2.42. The molecule has 2 aromatic carbocycles. The summed E-state index contributed by atoms with van der Waals surface area (Å²) in [6.45, 7) is 3.93. The van der Waals surface area contributed by atoms with E-state index >= 15 is 0 Å². The number of para-hydroxylation sites is 1. The zero-order valence-corrected chi connectivity index (χ0v) is 29.9. The number of hydrogen-bond donors (Lipinski definition) is 2. The van der Waals surface area contributed by atoms with Crippen LogP contribution >= 0.6 is 0 Å². The number of likely N-dealkylation sites (tertiary alicyclic amines) is 3. The largest absolute Gasteiger partial charge is 0.418 e. The number of urea groups is 1. The lowest BCUT2D eigenvalue weighted by atomic mass is 9.78. The number of anilines is 2. The number of fused-ring (bicyclic) bond motifs is 1. The van der Waals surface area contributed by atoms with Gasteiger partial charge in [-0.25, -0.2) is 4.79 Å². The van der Waals surface area contributed by atoms with Crippen LogP contribution in [0.25, 0.3) is 0 Å². The van der Waals surface area contributed by atoms with Crippen molar-refractivity contribution in [2.75, 3.05) is 63.9 Å². The summed E-state index contributed by atoms with van der Waals surface area (Å²) >= 11 is 0. The van der Waals surface area contributed by atoms with Gasteiger partial charge in [-0.05, 0) is 113 Å². The van der Waals surface area contributed by atoms with Gasteiger partial charge in [0.05, 0.1) is 22.7 Å². The number of carbonyl (C=O) groups is 3. The van der Waals surface area contributed by atoms with E-state index in [-0.39, 0.29) is 24.1 Å². The lowest BCUT2D eigenvalue weighted by Gasteiger charge is -2.40. The molecule has 6 rings (SSSR count). The predicted molar refractivity (Wildman–Crippen MR) is 188 cm³/mol. The summed E-state index contributed by atoms with van der Waals surface area (Å²) in [6.07, 6.45) is -5.90.